The van der Waals surface area contributed by atoms with Crippen LogP contribution in [0.25, 0.3) is 0 Å². The number of hydrogen-bond donors (Lipinski definition) is 1. The molecule has 0 saturated carbocycles. The van der Waals surface area contributed by atoms with Crippen LogP contribution in [0.4, 0.5) is 0 Å². The minimum absolute atomic E-state index is 0.464. The molecular formula is C8H12N+. The van der Waals surface area contributed by atoms with Crippen molar-refractivity contribution in [3.05, 3.63) is 0 Å². The van der Waals surface area contributed by atoms with E-state index in [-0.39, 0.29) is 0 Å². The van der Waals surface area contributed by atoms with E-state index in [1.807, 2.05) is 0 Å². The summed E-state index contributed by atoms with van der Waals surface area (Å²) in [5.74, 6) is 8.74. The second-order valence-electron chi connectivity index (χ2n) is 1.88. The molecule has 1 unspecified atom stereocenters. The third kappa shape index (κ3) is 4.94. The first-order valence-electron chi connectivity index (χ1n) is 3.08. The molecule has 0 aliphatic carbocycles. The zero-order valence-electron chi connectivity index (χ0n) is 5.99. The summed E-state index contributed by atoms with van der Waals surface area (Å²) >= 11 is 0. The maximum Gasteiger partial charge on any atom is 0.146 e. The van der Waals surface area contributed by atoms with Crippen LogP contribution in [-0.4, -0.2) is 0 Å². The quantitative estimate of drug-likeness (QED) is 0.482. The molecular weight excluding hydrogens is 110 g/mol. The highest BCUT2D eigenvalue weighted by Gasteiger charge is 1.86. The van der Waals surface area contributed by atoms with E-state index in [0.717, 1.165) is 6.42 Å². The topological polar surface area (TPSA) is 27.6 Å². The van der Waals surface area contributed by atoms with E-state index in [0.29, 0.717) is 5.92 Å². The second kappa shape index (κ2) is 5.22. The molecule has 0 aliphatic heterocycles. The lowest BCUT2D eigenvalue weighted by Crippen LogP contribution is -2.40. The van der Waals surface area contributed by atoms with E-state index >= 15 is 0 Å². The van der Waals surface area contributed by atoms with Crippen LogP contribution in [0.15, 0.2) is 0 Å². The van der Waals surface area contributed by atoms with Crippen LogP contribution in [0.1, 0.15) is 20.3 Å². The van der Waals surface area contributed by atoms with Gasteiger partial charge in [-0.2, -0.15) is 0 Å². The van der Waals surface area contributed by atoms with E-state index in [1.54, 1.807) is 0 Å². The van der Waals surface area contributed by atoms with Crippen LogP contribution in [0, 0.1) is 29.7 Å². The van der Waals surface area contributed by atoms with E-state index in [4.69, 9.17) is 0 Å². The summed E-state index contributed by atoms with van der Waals surface area (Å²) in [6, 6.07) is 2.47. The Hall–Kier alpha value is -0.920. The van der Waals surface area contributed by atoms with Gasteiger partial charge >= 0.3 is 0 Å². The van der Waals surface area contributed by atoms with Gasteiger partial charge in [-0.25, -0.2) is 0 Å². The molecule has 0 rings (SSSR count). The third-order valence-corrected chi connectivity index (χ3v) is 1.08. The number of quaternary nitrogens is 1. The van der Waals surface area contributed by atoms with Gasteiger partial charge in [-0.05, 0) is 12.3 Å². The molecule has 3 N–H and O–H groups in total. The Morgan fingerprint density at radius 3 is 2.56 bits per heavy atom. The molecule has 0 aromatic rings. The average molecular weight is 122 g/mol. The molecule has 0 fully saturated rings. The Labute approximate surface area is 56.6 Å². The number of rotatable bonds is 1. The normalized spacial score (nSPS) is 10.1. The van der Waals surface area contributed by atoms with E-state index in [1.165, 1.54) is 0 Å². The lowest BCUT2D eigenvalue weighted by Gasteiger charge is -1.91. The summed E-state index contributed by atoms with van der Waals surface area (Å²) in [6.45, 7) is 4.19. The summed E-state index contributed by atoms with van der Waals surface area (Å²) < 4.78 is 0. The van der Waals surface area contributed by atoms with Crippen molar-refractivity contribution in [1.29, 1.82) is 0 Å². The molecule has 0 spiro atoms. The van der Waals surface area contributed by atoms with Gasteiger partial charge in [0.05, 0.1) is 0 Å². The predicted molar refractivity (Wildman–Crippen MR) is 37.9 cm³/mol. The van der Waals surface area contributed by atoms with Crippen LogP contribution in [-0.2, 0) is 0 Å². The fourth-order valence-electron chi connectivity index (χ4n) is 0.306. The molecule has 0 bridgehead atoms. The molecule has 0 aromatic carbocycles. The summed E-state index contributed by atoms with van der Waals surface area (Å²) in [6.07, 6.45) is 1.09. The summed E-state index contributed by atoms with van der Waals surface area (Å²) in [5.41, 5.74) is 3.34. The van der Waals surface area contributed by atoms with Gasteiger partial charge in [0.2, 0.25) is 0 Å². The first-order valence-corrected chi connectivity index (χ1v) is 3.08. The van der Waals surface area contributed by atoms with Crippen LogP contribution < -0.4 is 5.73 Å². The Balaban J connectivity index is 3.67. The van der Waals surface area contributed by atoms with Crippen molar-refractivity contribution in [3.8, 4) is 23.8 Å². The zero-order chi connectivity index (χ0) is 7.11. The third-order valence-electron chi connectivity index (χ3n) is 1.08. The largest absolute Gasteiger partial charge is 0.280 e. The molecule has 0 saturated heterocycles. The standard InChI is InChI=1S/C8H11N/c1-3-8(2)6-4-5-7-9/h8H,3,9H2,1-2H3/p+1. The zero-order valence-corrected chi connectivity index (χ0v) is 5.99. The van der Waals surface area contributed by atoms with Gasteiger partial charge < -0.3 is 0 Å². The first kappa shape index (κ1) is 8.08. The lowest BCUT2D eigenvalue weighted by molar-refractivity contribution is -0.247. The van der Waals surface area contributed by atoms with E-state index in [9.17, 15) is 0 Å². The molecule has 0 radical (unpaired) electrons. The van der Waals surface area contributed by atoms with Gasteiger partial charge in [0.15, 0.2) is 0 Å². The van der Waals surface area contributed by atoms with Crippen molar-refractivity contribution >= 4 is 0 Å². The van der Waals surface area contributed by atoms with Gasteiger partial charge in [0, 0.05) is 11.8 Å². The molecule has 0 aliphatic rings. The van der Waals surface area contributed by atoms with E-state index in [2.05, 4.69) is 43.4 Å². The highest BCUT2D eigenvalue weighted by Crippen LogP contribution is 1.95. The van der Waals surface area contributed by atoms with Gasteiger partial charge in [-0.15, -0.1) is 0 Å². The molecule has 48 valence electrons. The SMILES string of the molecule is CCC(C)C#CC#C[NH3+]. The monoisotopic (exact) mass is 122 g/mol. The molecule has 1 atom stereocenters. The van der Waals surface area contributed by atoms with Crippen LogP contribution in [0.2, 0.25) is 0 Å². The molecule has 9 heavy (non-hydrogen) atoms. The van der Waals surface area contributed by atoms with Crippen molar-refractivity contribution < 1.29 is 5.73 Å². The van der Waals surface area contributed by atoms with Gasteiger partial charge in [0.25, 0.3) is 0 Å². The number of hydrogen-bond acceptors (Lipinski definition) is 0. The van der Waals surface area contributed by atoms with Crippen molar-refractivity contribution in [2.45, 2.75) is 20.3 Å². The summed E-state index contributed by atoms with van der Waals surface area (Å²) in [5, 5.41) is 0. The summed E-state index contributed by atoms with van der Waals surface area (Å²) in [7, 11) is 0. The highest BCUT2D eigenvalue weighted by molar-refractivity contribution is 5.23. The van der Waals surface area contributed by atoms with Crippen molar-refractivity contribution in [1.82, 2.24) is 0 Å². The maximum absolute atomic E-state index is 3.34. The smallest absolute Gasteiger partial charge is 0.146 e. The predicted octanol–water partition coefficient (Wildman–Crippen LogP) is 0.239. The second-order valence-corrected chi connectivity index (χ2v) is 1.88. The molecule has 0 aromatic heterocycles. The van der Waals surface area contributed by atoms with Crippen molar-refractivity contribution in [2.75, 3.05) is 0 Å². The fraction of sp³-hybridized carbons (Fsp3) is 0.500. The minimum atomic E-state index is 0.464. The van der Waals surface area contributed by atoms with Crippen molar-refractivity contribution in [3.63, 3.8) is 0 Å². The van der Waals surface area contributed by atoms with Gasteiger partial charge in [0.1, 0.15) is 6.04 Å². The average Bonchev–Trinajstić information content (AvgIpc) is 1.89. The minimum Gasteiger partial charge on any atom is -0.280 e. The van der Waals surface area contributed by atoms with Gasteiger partial charge in [-0.1, -0.05) is 19.8 Å². The Morgan fingerprint density at radius 2 is 2.11 bits per heavy atom. The lowest BCUT2D eigenvalue weighted by atomic mass is 10.1. The van der Waals surface area contributed by atoms with Gasteiger partial charge in [-0.3, -0.25) is 5.73 Å². The van der Waals surface area contributed by atoms with Crippen LogP contribution in [0.3, 0.4) is 0 Å². The van der Waals surface area contributed by atoms with E-state index < -0.39 is 0 Å². The highest BCUT2D eigenvalue weighted by atomic mass is 14.4. The molecule has 1 heteroatoms. The van der Waals surface area contributed by atoms with Crippen molar-refractivity contribution in [2.24, 2.45) is 5.92 Å². The van der Waals surface area contributed by atoms with Crippen LogP contribution in [0.5, 0.6) is 0 Å². The summed E-state index contributed by atoms with van der Waals surface area (Å²) in [4.78, 5) is 0. The fourth-order valence-corrected chi connectivity index (χ4v) is 0.306. The molecule has 1 nitrogen and oxygen atoms in total. The van der Waals surface area contributed by atoms with Crippen LogP contribution >= 0.6 is 0 Å². The first-order chi connectivity index (χ1) is 4.31. The maximum atomic E-state index is 3.34. The molecule has 0 amide bonds. The Kier molecular flexibility index (Phi) is 4.69. The Bertz CT molecular complexity index is 172. The molecule has 0 heterocycles. The Morgan fingerprint density at radius 1 is 1.44 bits per heavy atom.